The van der Waals surface area contributed by atoms with Gasteiger partial charge in [0.2, 0.25) is 0 Å². The predicted octanol–water partition coefficient (Wildman–Crippen LogP) is 5.78. The zero-order valence-electron chi connectivity index (χ0n) is 23.2. The van der Waals surface area contributed by atoms with Gasteiger partial charge in [-0.05, 0) is 19.3 Å². The third-order valence-electron chi connectivity index (χ3n) is 6.37. The van der Waals surface area contributed by atoms with E-state index < -0.39 is 29.9 Å². The predicted molar refractivity (Wildman–Crippen MR) is 157 cm³/mol. The van der Waals surface area contributed by atoms with Gasteiger partial charge in [0.1, 0.15) is 6.04 Å². The van der Waals surface area contributed by atoms with E-state index in [2.05, 4.69) is 13.8 Å². The van der Waals surface area contributed by atoms with Crippen molar-refractivity contribution >= 4 is 83.0 Å². The number of ether oxygens (including phenoxy) is 2. The fourth-order valence-electron chi connectivity index (χ4n) is 4.02. The van der Waals surface area contributed by atoms with E-state index >= 15 is 0 Å². The molecular formula is C29H55NNa2O6. The number of esters is 4. The van der Waals surface area contributed by atoms with Gasteiger partial charge in [-0.2, -0.15) is 0 Å². The molecule has 0 fully saturated rings. The van der Waals surface area contributed by atoms with Crippen molar-refractivity contribution in [1.82, 2.24) is 0 Å². The van der Waals surface area contributed by atoms with Gasteiger partial charge in [0, 0.05) is 19.3 Å². The summed E-state index contributed by atoms with van der Waals surface area (Å²) in [5.74, 6) is -2.68. The molecule has 0 aromatic heterocycles. The van der Waals surface area contributed by atoms with Crippen molar-refractivity contribution in [1.29, 1.82) is 0 Å². The van der Waals surface area contributed by atoms with Gasteiger partial charge in [0.05, 0.1) is 0 Å². The number of unbranched alkanes of at least 4 members (excludes halogenated alkanes) is 16. The quantitative estimate of drug-likeness (QED) is 0.0690. The minimum atomic E-state index is -1.10. The first kappa shape index (κ1) is 42.7. The van der Waals surface area contributed by atoms with E-state index in [-0.39, 0.29) is 84.8 Å². The Morgan fingerprint density at radius 1 is 0.500 bits per heavy atom. The Kier molecular flexibility index (Phi) is 35.7. The third-order valence-corrected chi connectivity index (χ3v) is 6.37. The Labute approximate surface area is 276 Å². The zero-order chi connectivity index (χ0) is 26.9. The van der Waals surface area contributed by atoms with Gasteiger partial charge < -0.3 is 15.2 Å². The molecule has 2 N–H and O–H groups in total. The molecule has 0 saturated heterocycles. The molecule has 0 aromatic carbocycles. The second-order valence-corrected chi connectivity index (χ2v) is 9.94. The molecule has 0 unspecified atom stereocenters. The van der Waals surface area contributed by atoms with Crippen molar-refractivity contribution in [2.24, 2.45) is 5.73 Å². The number of carbonyl (C=O) groups is 4. The fourth-order valence-corrected chi connectivity index (χ4v) is 4.02. The van der Waals surface area contributed by atoms with E-state index in [1.165, 1.54) is 77.0 Å². The van der Waals surface area contributed by atoms with Crippen molar-refractivity contribution in [3.63, 3.8) is 0 Å². The van der Waals surface area contributed by atoms with Crippen LogP contribution in [0.3, 0.4) is 0 Å². The normalized spacial score (nSPS) is 11.1. The monoisotopic (exact) mass is 559 g/mol. The first-order chi connectivity index (χ1) is 17.4. The molecule has 0 rings (SSSR count). The molecule has 0 aliphatic heterocycles. The van der Waals surface area contributed by atoms with E-state index in [9.17, 15) is 19.2 Å². The molecule has 0 aliphatic rings. The molecule has 0 saturated carbocycles. The van der Waals surface area contributed by atoms with Crippen LogP contribution in [0.2, 0.25) is 0 Å². The maximum atomic E-state index is 12.0. The van der Waals surface area contributed by atoms with Crippen LogP contribution in [0, 0.1) is 0 Å². The maximum absolute atomic E-state index is 12.0. The van der Waals surface area contributed by atoms with Gasteiger partial charge in [0.25, 0.3) is 0 Å². The van der Waals surface area contributed by atoms with E-state index in [4.69, 9.17) is 15.2 Å². The summed E-state index contributed by atoms with van der Waals surface area (Å²) in [4.78, 5) is 47.4. The zero-order valence-corrected chi connectivity index (χ0v) is 23.2. The summed E-state index contributed by atoms with van der Waals surface area (Å²) in [5.41, 5.74) is 5.73. The molecule has 0 radical (unpaired) electrons. The number of rotatable bonds is 24. The first-order valence-electron chi connectivity index (χ1n) is 14.6. The van der Waals surface area contributed by atoms with Gasteiger partial charge in [-0.15, -0.1) is 0 Å². The Morgan fingerprint density at radius 3 is 1.21 bits per heavy atom. The molecule has 38 heavy (non-hydrogen) atoms. The summed E-state index contributed by atoms with van der Waals surface area (Å²) in [5, 5.41) is 0. The van der Waals surface area contributed by atoms with Crippen LogP contribution >= 0.6 is 0 Å². The van der Waals surface area contributed by atoms with Crippen LogP contribution in [0.1, 0.15) is 155 Å². The van der Waals surface area contributed by atoms with E-state index in [1.807, 2.05) is 0 Å². The van der Waals surface area contributed by atoms with Crippen LogP contribution in [0.4, 0.5) is 0 Å². The van der Waals surface area contributed by atoms with Crippen molar-refractivity contribution < 1.29 is 28.7 Å². The SMILES string of the molecule is CCCCCCCCCCCC(=O)OC(=O)CC[C@H](N)C(=O)OC(=O)CCCCCCCCCCC.[NaH].[NaH]. The number of carbonyl (C=O) groups excluding carboxylic acids is 4. The molecule has 214 valence electrons. The average molecular weight is 560 g/mol. The average Bonchev–Trinajstić information content (AvgIpc) is 2.85. The van der Waals surface area contributed by atoms with Crippen LogP contribution in [0.25, 0.3) is 0 Å². The molecular weight excluding hydrogens is 504 g/mol. The summed E-state index contributed by atoms with van der Waals surface area (Å²) in [6.07, 6.45) is 20.6. The van der Waals surface area contributed by atoms with Crippen LogP contribution in [-0.4, -0.2) is 89.0 Å². The van der Waals surface area contributed by atoms with Crippen LogP contribution in [0.15, 0.2) is 0 Å². The van der Waals surface area contributed by atoms with E-state index in [0.29, 0.717) is 12.8 Å². The second-order valence-electron chi connectivity index (χ2n) is 9.94. The number of nitrogens with two attached hydrogens (primary N) is 1. The minimum absolute atomic E-state index is 0. The standard InChI is InChI=1S/C29H53NO6.2Na.2H/c1-3-5-7-9-11-13-15-17-19-21-26(31)35-28(33)24-23-25(30)29(34)36-27(32)22-20-18-16-14-12-10-8-6-4-2;;;;/h25H,3-24,30H2,1-2H3;;;;/t25-;;;;/m0..../s1. The number of hydrogen-bond donors (Lipinski definition) is 1. The molecule has 0 aliphatic carbocycles. The van der Waals surface area contributed by atoms with Gasteiger partial charge in [0.15, 0.2) is 0 Å². The van der Waals surface area contributed by atoms with Crippen LogP contribution < -0.4 is 5.73 Å². The molecule has 9 heteroatoms. The summed E-state index contributed by atoms with van der Waals surface area (Å²) >= 11 is 0. The Balaban J connectivity index is -0.00000612. The van der Waals surface area contributed by atoms with Crippen molar-refractivity contribution in [3.05, 3.63) is 0 Å². The van der Waals surface area contributed by atoms with E-state index in [0.717, 1.165) is 25.7 Å². The topological polar surface area (TPSA) is 113 Å². The molecule has 0 spiro atoms. The molecule has 1 atom stereocenters. The van der Waals surface area contributed by atoms with Crippen LogP contribution in [0.5, 0.6) is 0 Å². The van der Waals surface area contributed by atoms with Crippen molar-refractivity contribution in [2.75, 3.05) is 0 Å². The summed E-state index contributed by atoms with van der Waals surface area (Å²) in [6, 6.07) is -1.10. The molecule has 0 amide bonds. The number of hydrogen-bond acceptors (Lipinski definition) is 7. The molecule has 0 bridgehead atoms. The molecule has 0 aromatic rings. The van der Waals surface area contributed by atoms with Crippen molar-refractivity contribution in [3.8, 4) is 0 Å². The van der Waals surface area contributed by atoms with Crippen LogP contribution in [-0.2, 0) is 28.7 Å². The van der Waals surface area contributed by atoms with Gasteiger partial charge in [-0.25, -0.2) is 4.79 Å². The fraction of sp³-hybridized carbons (Fsp3) is 0.862. The molecule has 0 heterocycles. The summed E-state index contributed by atoms with van der Waals surface area (Å²) in [6.45, 7) is 4.40. The Morgan fingerprint density at radius 2 is 0.816 bits per heavy atom. The van der Waals surface area contributed by atoms with E-state index in [1.54, 1.807) is 0 Å². The second kappa shape index (κ2) is 31.8. The Hall–Kier alpha value is 0.240. The summed E-state index contributed by atoms with van der Waals surface area (Å²) in [7, 11) is 0. The first-order valence-corrected chi connectivity index (χ1v) is 14.6. The molecule has 7 nitrogen and oxygen atoms in total. The van der Waals surface area contributed by atoms with Crippen molar-refractivity contribution in [2.45, 2.75) is 161 Å². The van der Waals surface area contributed by atoms with Gasteiger partial charge in [-0.1, -0.05) is 117 Å². The Bertz CT molecular complexity index is 604. The third kappa shape index (κ3) is 29.2. The van der Waals surface area contributed by atoms with Gasteiger partial charge in [-0.3, -0.25) is 14.4 Å². The summed E-state index contributed by atoms with van der Waals surface area (Å²) < 4.78 is 9.58. The van der Waals surface area contributed by atoms with Gasteiger partial charge >= 0.3 is 83.0 Å².